The second kappa shape index (κ2) is 6.71. The van der Waals surface area contributed by atoms with Crippen LogP contribution >= 0.6 is 0 Å². The number of rotatable bonds is 3. The van der Waals surface area contributed by atoms with Crippen LogP contribution in [0.15, 0.2) is 48.5 Å². The fourth-order valence-electron chi connectivity index (χ4n) is 5.12. The third-order valence-electron chi connectivity index (χ3n) is 6.36. The standard InChI is InChI=1S/C23H24O3/c24-20-11-12-23(15-16-5-2-1-3-6-16)19(14-20)8-4-7-17-13-18(22(25)26)9-10-21(17)23/h1-3,5-6,9-10,13,19H,4,7-8,11-12,14-15H2,(H,25,26)/t19-,23-/m0/s1. The lowest BCUT2D eigenvalue weighted by molar-refractivity contribution is -0.123. The van der Waals surface area contributed by atoms with Gasteiger partial charge in [-0.25, -0.2) is 4.79 Å². The van der Waals surface area contributed by atoms with Crippen molar-refractivity contribution in [2.75, 3.05) is 0 Å². The van der Waals surface area contributed by atoms with E-state index >= 15 is 0 Å². The van der Waals surface area contributed by atoms with Crippen LogP contribution in [0.1, 0.15) is 59.2 Å². The molecule has 0 bridgehead atoms. The SMILES string of the molecule is O=C1CC[C@@]2(Cc3ccccc3)c3ccc(C(=O)O)cc3CCC[C@H]2C1. The molecule has 26 heavy (non-hydrogen) atoms. The maximum absolute atomic E-state index is 12.2. The molecule has 4 rings (SSSR count). The Morgan fingerprint density at radius 2 is 1.92 bits per heavy atom. The molecule has 2 aliphatic rings. The van der Waals surface area contributed by atoms with Crippen molar-refractivity contribution < 1.29 is 14.7 Å². The fraction of sp³-hybridized carbons (Fsp3) is 0.391. The smallest absolute Gasteiger partial charge is 0.335 e. The molecule has 0 amide bonds. The van der Waals surface area contributed by atoms with Gasteiger partial charge in [0.25, 0.3) is 0 Å². The molecule has 134 valence electrons. The number of hydrogen-bond acceptors (Lipinski definition) is 2. The Labute approximate surface area is 154 Å². The predicted octanol–water partition coefficient (Wildman–Crippen LogP) is 4.57. The van der Waals surface area contributed by atoms with Crippen molar-refractivity contribution >= 4 is 11.8 Å². The number of aryl methyl sites for hydroxylation is 1. The Balaban J connectivity index is 1.84. The van der Waals surface area contributed by atoms with Crippen LogP contribution in [0, 0.1) is 5.92 Å². The van der Waals surface area contributed by atoms with Gasteiger partial charge in [0.15, 0.2) is 0 Å². The molecular formula is C23H24O3. The number of ketones is 1. The average Bonchev–Trinajstić information content (AvgIpc) is 2.79. The van der Waals surface area contributed by atoms with Crippen LogP contribution in [0.4, 0.5) is 0 Å². The Kier molecular flexibility index (Phi) is 4.39. The summed E-state index contributed by atoms with van der Waals surface area (Å²) in [7, 11) is 0. The molecule has 1 fully saturated rings. The summed E-state index contributed by atoms with van der Waals surface area (Å²) in [6, 6.07) is 16.1. The van der Waals surface area contributed by atoms with Crippen LogP contribution < -0.4 is 0 Å². The summed E-state index contributed by atoms with van der Waals surface area (Å²) >= 11 is 0. The fourth-order valence-corrected chi connectivity index (χ4v) is 5.12. The second-order valence-corrected chi connectivity index (χ2v) is 7.83. The van der Waals surface area contributed by atoms with Crippen LogP contribution in [-0.4, -0.2) is 16.9 Å². The molecule has 0 saturated heterocycles. The minimum Gasteiger partial charge on any atom is -0.478 e. The highest BCUT2D eigenvalue weighted by atomic mass is 16.4. The molecule has 1 saturated carbocycles. The summed E-state index contributed by atoms with van der Waals surface area (Å²) in [5.41, 5.74) is 4.04. The summed E-state index contributed by atoms with van der Waals surface area (Å²) < 4.78 is 0. The van der Waals surface area contributed by atoms with Gasteiger partial charge in [0.1, 0.15) is 5.78 Å². The van der Waals surface area contributed by atoms with Crippen molar-refractivity contribution in [3.05, 3.63) is 70.8 Å². The molecule has 0 unspecified atom stereocenters. The number of aromatic carboxylic acids is 1. The Morgan fingerprint density at radius 3 is 2.69 bits per heavy atom. The largest absolute Gasteiger partial charge is 0.478 e. The molecule has 2 aromatic carbocycles. The van der Waals surface area contributed by atoms with Gasteiger partial charge in [-0.1, -0.05) is 36.4 Å². The molecule has 0 aromatic heterocycles. The van der Waals surface area contributed by atoms with Crippen LogP contribution in [0.25, 0.3) is 0 Å². The lowest BCUT2D eigenvalue weighted by Gasteiger charge is -2.44. The summed E-state index contributed by atoms with van der Waals surface area (Å²) in [6.45, 7) is 0. The Bertz CT molecular complexity index is 840. The number of benzene rings is 2. The maximum Gasteiger partial charge on any atom is 0.335 e. The molecule has 0 radical (unpaired) electrons. The number of carboxylic acid groups (broad SMARTS) is 1. The zero-order chi connectivity index (χ0) is 18.1. The van der Waals surface area contributed by atoms with E-state index in [9.17, 15) is 14.7 Å². The normalized spacial score (nSPS) is 25.1. The Morgan fingerprint density at radius 1 is 1.12 bits per heavy atom. The zero-order valence-corrected chi connectivity index (χ0v) is 14.9. The quantitative estimate of drug-likeness (QED) is 0.884. The summed E-state index contributed by atoms with van der Waals surface area (Å²) in [5, 5.41) is 9.38. The number of carboxylic acids is 1. The van der Waals surface area contributed by atoms with E-state index in [4.69, 9.17) is 0 Å². The van der Waals surface area contributed by atoms with Crippen molar-refractivity contribution in [2.45, 2.75) is 50.4 Å². The first kappa shape index (κ1) is 17.0. The van der Waals surface area contributed by atoms with E-state index < -0.39 is 5.97 Å². The molecule has 2 aromatic rings. The monoisotopic (exact) mass is 348 g/mol. The van der Waals surface area contributed by atoms with Crippen molar-refractivity contribution in [3.63, 3.8) is 0 Å². The van der Waals surface area contributed by atoms with Crippen LogP contribution in [-0.2, 0) is 23.1 Å². The summed E-state index contributed by atoms with van der Waals surface area (Å²) in [5.74, 6) is -0.144. The van der Waals surface area contributed by atoms with E-state index in [1.165, 1.54) is 11.1 Å². The first-order valence-electron chi connectivity index (χ1n) is 9.51. The van der Waals surface area contributed by atoms with Gasteiger partial charge >= 0.3 is 5.97 Å². The van der Waals surface area contributed by atoms with Gasteiger partial charge in [-0.15, -0.1) is 0 Å². The molecule has 0 spiro atoms. The van der Waals surface area contributed by atoms with Crippen molar-refractivity contribution in [2.24, 2.45) is 5.92 Å². The van der Waals surface area contributed by atoms with E-state index in [0.717, 1.165) is 37.7 Å². The number of carbonyl (C=O) groups excluding carboxylic acids is 1. The number of carbonyl (C=O) groups is 2. The second-order valence-electron chi connectivity index (χ2n) is 7.83. The molecule has 1 N–H and O–H groups in total. The van der Waals surface area contributed by atoms with Gasteiger partial charge in [-0.05, 0) is 66.8 Å². The lowest BCUT2D eigenvalue weighted by Crippen LogP contribution is -2.42. The Hall–Kier alpha value is -2.42. The van der Waals surface area contributed by atoms with Crippen molar-refractivity contribution in [3.8, 4) is 0 Å². The molecule has 0 aliphatic heterocycles. The van der Waals surface area contributed by atoms with E-state index in [1.54, 1.807) is 6.07 Å². The maximum atomic E-state index is 12.2. The third-order valence-corrected chi connectivity index (χ3v) is 6.36. The summed E-state index contributed by atoms with van der Waals surface area (Å²) in [6.07, 6.45) is 6.03. The van der Waals surface area contributed by atoms with Crippen LogP contribution in [0.5, 0.6) is 0 Å². The minimum absolute atomic E-state index is 0.0574. The van der Waals surface area contributed by atoms with E-state index in [2.05, 4.69) is 24.3 Å². The minimum atomic E-state index is -0.871. The van der Waals surface area contributed by atoms with Crippen molar-refractivity contribution in [1.29, 1.82) is 0 Å². The van der Waals surface area contributed by atoms with Crippen molar-refractivity contribution in [1.82, 2.24) is 0 Å². The first-order valence-corrected chi connectivity index (χ1v) is 9.51. The molecule has 2 aliphatic carbocycles. The zero-order valence-electron chi connectivity index (χ0n) is 14.9. The highest BCUT2D eigenvalue weighted by Gasteiger charge is 2.46. The molecule has 2 atom stereocenters. The van der Waals surface area contributed by atoms with Crippen LogP contribution in [0.2, 0.25) is 0 Å². The van der Waals surface area contributed by atoms with Gasteiger partial charge in [0.2, 0.25) is 0 Å². The topological polar surface area (TPSA) is 54.4 Å². The molecule has 3 heteroatoms. The molecular weight excluding hydrogens is 324 g/mol. The van der Waals surface area contributed by atoms with E-state index in [0.29, 0.717) is 30.1 Å². The highest BCUT2D eigenvalue weighted by molar-refractivity contribution is 5.88. The van der Waals surface area contributed by atoms with Gasteiger partial charge in [-0.2, -0.15) is 0 Å². The van der Waals surface area contributed by atoms with E-state index in [1.807, 2.05) is 18.2 Å². The third kappa shape index (κ3) is 2.96. The molecule has 3 nitrogen and oxygen atoms in total. The average molecular weight is 348 g/mol. The number of fused-ring (bicyclic) bond motifs is 3. The number of Topliss-reactive ketones (excluding diaryl/α,β-unsaturated/α-hetero) is 1. The summed E-state index contributed by atoms with van der Waals surface area (Å²) in [4.78, 5) is 23.6. The van der Waals surface area contributed by atoms with Gasteiger partial charge in [-0.3, -0.25) is 4.79 Å². The number of hydrogen-bond donors (Lipinski definition) is 1. The van der Waals surface area contributed by atoms with E-state index in [-0.39, 0.29) is 5.41 Å². The predicted molar refractivity (Wildman–Crippen MR) is 101 cm³/mol. The van der Waals surface area contributed by atoms with Gasteiger partial charge in [0, 0.05) is 18.3 Å². The highest BCUT2D eigenvalue weighted by Crippen LogP contribution is 2.50. The van der Waals surface area contributed by atoms with Gasteiger partial charge in [0.05, 0.1) is 5.56 Å². The lowest BCUT2D eigenvalue weighted by atomic mass is 9.59. The van der Waals surface area contributed by atoms with Crippen LogP contribution in [0.3, 0.4) is 0 Å². The van der Waals surface area contributed by atoms with Gasteiger partial charge < -0.3 is 5.11 Å². The first-order chi connectivity index (χ1) is 12.6. The molecule has 0 heterocycles.